The van der Waals surface area contributed by atoms with Gasteiger partial charge in [-0.25, -0.2) is 5.84 Å². The van der Waals surface area contributed by atoms with Crippen LogP contribution in [0.4, 0.5) is 0 Å². The lowest BCUT2D eigenvalue weighted by Crippen LogP contribution is -2.30. The fraction of sp³-hybridized carbons (Fsp3) is 0.875. The minimum atomic E-state index is 0.543. The van der Waals surface area contributed by atoms with Crippen molar-refractivity contribution in [3.8, 4) is 0 Å². The Labute approximate surface area is 68.0 Å². The first-order valence-corrected chi connectivity index (χ1v) is 4.40. The summed E-state index contributed by atoms with van der Waals surface area (Å²) in [6.45, 7) is 2.06. The zero-order chi connectivity index (χ0) is 8.10. The van der Waals surface area contributed by atoms with Gasteiger partial charge >= 0.3 is 0 Å². The molecule has 0 spiro atoms. The van der Waals surface area contributed by atoms with Gasteiger partial charge in [-0.05, 0) is 12.8 Å². The maximum atomic E-state index is 5.28. The molecule has 1 fully saturated rings. The third kappa shape index (κ3) is 2.50. The number of hydrogen-bond acceptors (Lipinski definition) is 2. The molecule has 0 aromatic carbocycles. The highest BCUT2D eigenvalue weighted by Gasteiger charge is 2.13. The van der Waals surface area contributed by atoms with Gasteiger partial charge in [0, 0.05) is 6.42 Å². The fourth-order valence-corrected chi connectivity index (χ4v) is 1.48. The van der Waals surface area contributed by atoms with E-state index >= 15 is 0 Å². The van der Waals surface area contributed by atoms with Crippen molar-refractivity contribution in [3.63, 3.8) is 0 Å². The number of rotatable bonds is 2. The first-order chi connectivity index (χ1) is 5.36. The van der Waals surface area contributed by atoms with Gasteiger partial charge in [0.15, 0.2) is 0 Å². The lowest BCUT2D eigenvalue weighted by Gasteiger charge is -2.06. The molecule has 0 aliphatic heterocycles. The highest BCUT2D eigenvalue weighted by Crippen LogP contribution is 2.20. The molecule has 0 saturated heterocycles. The van der Waals surface area contributed by atoms with Crippen LogP contribution in [0.3, 0.4) is 0 Å². The molecule has 0 atom stereocenters. The van der Waals surface area contributed by atoms with Gasteiger partial charge in [-0.1, -0.05) is 19.8 Å². The SMILES string of the molecule is CCC(=NC1CCCC1)NN. The van der Waals surface area contributed by atoms with Gasteiger partial charge in [0.05, 0.1) is 6.04 Å². The Balaban J connectivity index is 2.40. The minimum Gasteiger partial charge on any atom is -0.312 e. The van der Waals surface area contributed by atoms with E-state index < -0.39 is 0 Å². The van der Waals surface area contributed by atoms with Crippen LogP contribution in [-0.2, 0) is 0 Å². The first-order valence-electron chi connectivity index (χ1n) is 4.40. The van der Waals surface area contributed by atoms with Crippen LogP contribution >= 0.6 is 0 Å². The van der Waals surface area contributed by atoms with E-state index in [4.69, 9.17) is 5.84 Å². The number of nitrogens with one attached hydrogen (secondary N) is 1. The fourth-order valence-electron chi connectivity index (χ4n) is 1.48. The van der Waals surface area contributed by atoms with Gasteiger partial charge in [0.1, 0.15) is 5.84 Å². The standard InChI is InChI=1S/C8H17N3/c1-2-8(11-9)10-7-5-3-4-6-7/h7H,2-6,9H2,1H3,(H,10,11). The summed E-state index contributed by atoms with van der Waals surface area (Å²) in [5.41, 5.74) is 2.63. The molecule has 0 amide bonds. The molecular weight excluding hydrogens is 138 g/mol. The molecule has 11 heavy (non-hydrogen) atoms. The van der Waals surface area contributed by atoms with Crippen molar-refractivity contribution in [2.45, 2.75) is 45.1 Å². The zero-order valence-electron chi connectivity index (χ0n) is 7.14. The summed E-state index contributed by atoms with van der Waals surface area (Å²) >= 11 is 0. The Morgan fingerprint density at radius 1 is 1.55 bits per heavy atom. The second kappa shape index (κ2) is 4.34. The second-order valence-electron chi connectivity index (χ2n) is 3.01. The van der Waals surface area contributed by atoms with Gasteiger partial charge in [-0.3, -0.25) is 4.99 Å². The Hall–Kier alpha value is -0.570. The highest BCUT2D eigenvalue weighted by molar-refractivity contribution is 5.81. The van der Waals surface area contributed by atoms with Gasteiger partial charge < -0.3 is 5.43 Å². The van der Waals surface area contributed by atoms with Crippen molar-refractivity contribution in [3.05, 3.63) is 0 Å². The number of nitrogens with zero attached hydrogens (tertiary/aromatic N) is 1. The largest absolute Gasteiger partial charge is 0.312 e. The van der Waals surface area contributed by atoms with Gasteiger partial charge in [-0.2, -0.15) is 0 Å². The average Bonchev–Trinajstić information content (AvgIpc) is 2.52. The molecule has 0 unspecified atom stereocenters. The van der Waals surface area contributed by atoms with Crippen molar-refractivity contribution in [1.82, 2.24) is 5.43 Å². The molecule has 1 saturated carbocycles. The molecule has 64 valence electrons. The molecule has 1 aliphatic carbocycles. The molecule has 0 bridgehead atoms. The predicted molar refractivity (Wildman–Crippen MR) is 47.3 cm³/mol. The van der Waals surface area contributed by atoms with Gasteiger partial charge in [0.2, 0.25) is 0 Å². The summed E-state index contributed by atoms with van der Waals surface area (Å²) in [4.78, 5) is 4.49. The number of hydrazine groups is 1. The highest BCUT2D eigenvalue weighted by atomic mass is 15.2. The Morgan fingerprint density at radius 2 is 2.18 bits per heavy atom. The van der Waals surface area contributed by atoms with E-state index in [0.717, 1.165) is 12.3 Å². The van der Waals surface area contributed by atoms with Crippen LogP contribution in [0, 0.1) is 0 Å². The van der Waals surface area contributed by atoms with Crippen molar-refractivity contribution in [1.29, 1.82) is 0 Å². The number of amidine groups is 1. The normalized spacial score (nSPS) is 20.7. The molecule has 1 aliphatic rings. The lowest BCUT2D eigenvalue weighted by atomic mass is 10.2. The van der Waals surface area contributed by atoms with Crippen molar-refractivity contribution >= 4 is 5.84 Å². The monoisotopic (exact) mass is 155 g/mol. The minimum absolute atomic E-state index is 0.543. The van der Waals surface area contributed by atoms with Crippen LogP contribution in [0.1, 0.15) is 39.0 Å². The maximum Gasteiger partial charge on any atom is 0.110 e. The second-order valence-corrected chi connectivity index (χ2v) is 3.01. The molecule has 0 radical (unpaired) electrons. The van der Waals surface area contributed by atoms with E-state index in [9.17, 15) is 0 Å². The van der Waals surface area contributed by atoms with E-state index in [1.807, 2.05) is 0 Å². The van der Waals surface area contributed by atoms with E-state index in [1.165, 1.54) is 25.7 Å². The van der Waals surface area contributed by atoms with Crippen molar-refractivity contribution in [2.75, 3.05) is 0 Å². The summed E-state index contributed by atoms with van der Waals surface area (Å²) in [5.74, 6) is 6.22. The lowest BCUT2D eigenvalue weighted by molar-refractivity contribution is 0.696. The molecule has 0 aromatic heterocycles. The molecule has 0 heterocycles. The van der Waals surface area contributed by atoms with E-state index in [0.29, 0.717) is 6.04 Å². The summed E-state index contributed by atoms with van der Waals surface area (Å²) in [5, 5.41) is 0. The first kappa shape index (κ1) is 8.53. The van der Waals surface area contributed by atoms with Crippen LogP contribution in [0.5, 0.6) is 0 Å². The number of aliphatic imine (C=N–C) groups is 1. The summed E-state index contributed by atoms with van der Waals surface area (Å²) in [6, 6.07) is 0.543. The summed E-state index contributed by atoms with van der Waals surface area (Å²) in [6.07, 6.45) is 6.05. The molecular formula is C8H17N3. The Kier molecular flexibility index (Phi) is 3.36. The topological polar surface area (TPSA) is 50.4 Å². The number of hydrogen-bond donors (Lipinski definition) is 2. The van der Waals surface area contributed by atoms with Crippen molar-refractivity contribution in [2.24, 2.45) is 10.8 Å². The third-order valence-corrected chi connectivity index (χ3v) is 2.16. The maximum absolute atomic E-state index is 5.28. The van der Waals surface area contributed by atoms with Gasteiger partial charge in [-0.15, -0.1) is 0 Å². The smallest absolute Gasteiger partial charge is 0.110 e. The Morgan fingerprint density at radius 3 is 2.64 bits per heavy atom. The van der Waals surface area contributed by atoms with Crippen LogP contribution in [0.15, 0.2) is 4.99 Å². The summed E-state index contributed by atoms with van der Waals surface area (Å²) in [7, 11) is 0. The van der Waals surface area contributed by atoms with Gasteiger partial charge in [0.25, 0.3) is 0 Å². The Bertz CT molecular complexity index is 130. The van der Waals surface area contributed by atoms with Crippen LogP contribution < -0.4 is 11.3 Å². The third-order valence-electron chi connectivity index (χ3n) is 2.16. The van der Waals surface area contributed by atoms with Crippen LogP contribution in [-0.4, -0.2) is 11.9 Å². The molecule has 0 aromatic rings. The molecule has 3 heteroatoms. The van der Waals surface area contributed by atoms with E-state index in [2.05, 4.69) is 17.3 Å². The molecule has 3 N–H and O–H groups in total. The van der Waals surface area contributed by atoms with Crippen LogP contribution in [0.2, 0.25) is 0 Å². The predicted octanol–water partition coefficient (Wildman–Crippen LogP) is 1.20. The van der Waals surface area contributed by atoms with E-state index in [1.54, 1.807) is 0 Å². The van der Waals surface area contributed by atoms with Crippen molar-refractivity contribution < 1.29 is 0 Å². The van der Waals surface area contributed by atoms with Crippen LogP contribution in [0.25, 0.3) is 0 Å². The summed E-state index contributed by atoms with van der Waals surface area (Å²) < 4.78 is 0. The quantitative estimate of drug-likeness (QED) is 0.272. The zero-order valence-corrected chi connectivity index (χ0v) is 7.14. The molecule has 1 rings (SSSR count). The number of nitrogens with two attached hydrogens (primary N) is 1. The van der Waals surface area contributed by atoms with E-state index in [-0.39, 0.29) is 0 Å². The molecule has 3 nitrogen and oxygen atoms in total. The average molecular weight is 155 g/mol.